The van der Waals surface area contributed by atoms with Crippen LogP contribution >= 0.6 is 0 Å². The quantitative estimate of drug-likeness (QED) is 0.521. The Labute approximate surface area is 159 Å². The van der Waals surface area contributed by atoms with E-state index < -0.39 is 11.4 Å². The van der Waals surface area contributed by atoms with Gasteiger partial charge in [-0.1, -0.05) is 30.3 Å². The number of phenols is 1. The van der Waals surface area contributed by atoms with Crippen molar-refractivity contribution in [1.82, 2.24) is 5.16 Å². The normalized spacial score (nSPS) is 10.8. The summed E-state index contributed by atoms with van der Waals surface area (Å²) in [5, 5.41) is 12.5. The van der Waals surface area contributed by atoms with Crippen LogP contribution in [0.3, 0.4) is 0 Å². The minimum absolute atomic E-state index is 0.0675. The van der Waals surface area contributed by atoms with Crippen molar-refractivity contribution in [3.8, 4) is 28.6 Å². The molecule has 0 atom stereocenters. The zero-order valence-electron chi connectivity index (χ0n) is 14.7. The minimum Gasteiger partial charge on any atom is -0.507 e. The number of aromatic hydroxyl groups is 1. The van der Waals surface area contributed by atoms with E-state index in [0.29, 0.717) is 28.2 Å². The number of ether oxygens (including phenoxy) is 1. The summed E-state index contributed by atoms with van der Waals surface area (Å²) in [4.78, 5) is 11.2. The number of aromatic amines is 1. The molecule has 0 unspecified atom stereocenters. The van der Waals surface area contributed by atoms with E-state index in [2.05, 4.69) is 5.16 Å². The Morgan fingerprint density at radius 2 is 1.82 bits per heavy atom. The zero-order chi connectivity index (χ0) is 19.5. The second-order valence-electron chi connectivity index (χ2n) is 6.24. The summed E-state index contributed by atoms with van der Waals surface area (Å²) >= 11 is 0. The van der Waals surface area contributed by atoms with Crippen LogP contribution in [0.1, 0.15) is 11.1 Å². The Morgan fingerprint density at radius 3 is 2.54 bits per heavy atom. The second kappa shape index (κ2) is 7.44. The third kappa shape index (κ3) is 3.66. The summed E-state index contributed by atoms with van der Waals surface area (Å²) in [7, 11) is 0. The highest BCUT2D eigenvalue weighted by molar-refractivity contribution is 5.65. The van der Waals surface area contributed by atoms with Crippen molar-refractivity contribution >= 4 is 0 Å². The van der Waals surface area contributed by atoms with E-state index >= 15 is 0 Å². The maximum atomic E-state index is 14.5. The molecule has 0 amide bonds. The molecule has 0 aliphatic heterocycles. The highest BCUT2D eigenvalue weighted by atomic mass is 19.1. The van der Waals surface area contributed by atoms with Crippen molar-refractivity contribution in [3.63, 3.8) is 0 Å². The first-order valence-corrected chi connectivity index (χ1v) is 8.61. The molecule has 0 saturated heterocycles. The Hall–Kier alpha value is -3.80. The third-order valence-corrected chi connectivity index (χ3v) is 4.28. The predicted molar refractivity (Wildman–Crippen MR) is 102 cm³/mol. The van der Waals surface area contributed by atoms with Gasteiger partial charge >= 0.3 is 0 Å². The fourth-order valence-electron chi connectivity index (χ4n) is 2.94. The predicted octanol–water partition coefficient (Wildman–Crippen LogP) is 4.86. The van der Waals surface area contributed by atoms with Crippen LogP contribution in [-0.4, -0.2) is 10.3 Å². The molecule has 0 saturated carbocycles. The number of hydrogen-bond donors (Lipinski definition) is 2. The van der Waals surface area contributed by atoms with E-state index in [1.807, 2.05) is 18.2 Å². The molecular weight excluding hydrogens is 361 g/mol. The molecule has 0 radical (unpaired) electrons. The van der Waals surface area contributed by atoms with Gasteiger partial charge in [0.15, 0.2) is 5.76 Å². The monoisotopic (exact) mass is 377 g/mol. The van der Waals surface area contributed by atoms with Gasteiger partial charge in [-0.05, 0) is 42.0 Å². The summed E-state index contributed by atoms with van der Waals surface area (Å²) in [5.41, 5.74) is 1.04. The van der Waals surface area contributed by atoms with Gasteiger partial charge in [0.1, 0.15) is 23.1 Å². The van der Waals surface area contributed by atoms with Crippen LogP contribution < -0.4 is 10.3 Å². The Bertz CT molecular complexity index is 1160. The van der Waals surface area contributed by atoms with Gasteiger partial charge < -0.3 is 14.4 Å². The first kappa shape index (κ1) is 17.6. The molecule has 3 aromatic carbocycles. The lowest BCUT2D eigenvalue weighted by Crippen LogP contribution is -1.97. The van der Waals surface area contributed by atoms with Gasteiger partial charge in [0.05, 0.1) is 11.6 Å². The largest absolute Gasteiger partial charge is 0.507 e. The van der Waals surface area contributed by atoms with Gasteiger partial charge in [0, 0.05) is 12.0 Å². The van der Waals surface area contributed by atoms with Crippen molar-refractivity contribution in [2.45, 2.75) is 6.42 Å². The minimum atomic E-state index is -0.396. The fraction of sp³-hybridized carbons (Fsp3) is 0.0455. The molecule has 140 valence electrons. The van der Waals surface area contributed by atoms with Crippen LogP contribution in [0.15, 0.2) is 82.1 Å². The molecular formula is C22H16FNO4. The molecule has 1 aromatic heterocycles. The number of rotatable bonds is 5. The van der Waals surface area contributed by atoms with Crippen LogP contribution in [-0.2, 0) is 6.42 Å². The number of halogens is 1. The van der Waals surface area contributed by atoms with E-state index in [0.717, 1.165) is 0 Å². The second-order valence-corrected chi connectivity index (χ2v) is 6.24. The summed E-state index contributed by atoms with van der Waals surface area (Å²) in [5.74, 6) is 0.783. The Morgan fingerprint density at radius 1 is 1.00 bits per heavy atom. The SMILES string of the molecule is O=c1cc(-c2ccc(Cc3c(F)cccc3Oc3ccccc3)cc2O)o[nH]1. The molecule has 0 bridgehead atoms. The fourth-order valence-corrected chi connectivity index (χ4v) is 2.94. The number of hydrogen-bond acceptors (Lipinski definition) is 4. The van der Waals surface area contributed by atoms with E-state index in [1.54, 1.807) is 36.4 Å². The highest BCUT2D eigenvalue weighted by Gasteiger charge is 2.14. The average Bonchev–Trinajstić information content (AvgIpc) is 3.11. The highest BCUT2D eigenvalue weighted by Crippen LogP contribution is 2.33. The molecule has 5 nitrogen and oxygen atoms in total. The van der Waals surface area contributed by atoms with Crippen LogP contribution in [0.5, 0.6) is 17.2 Å². The first-order valence-electron chi connectivity index (χ1n) is 8.61. The maximum Gasteiger partial charge on any atom is 0.280 e. The first-order chi connectivity index (χ1) is 13.6. The van der Waals surface area contributed by atoms with E-state index in [9.17, 15) is 14.3 Å². The number of phenolic OH excluding ortho intramolecular Hbond substituents is 1. The standard InChI is InChI=1S/C22H16FNO4/c23-18-7-4-8-20(27-15-5-2-1-3-6-15)17(18)11-14-9-10-16(19(25)12-14)21-13-22(26)24-28-21/h1-10,12-13,25H,11H2,(H,24,26). The van der Waals surface area contributed by atoms with Crippen molar-refractivity contribution in [1.29, 1.82) is 0 Å². The molecule has 2 N–H and O–H groups in total. The molecule has 28 heavy (non-hydrogen) atoms. The lowest BCUT2D eigenvalue weighted by atomic mass is 10.0. The van der Waals surface area contributed by atoms with E-state index in [1.165, 1.54) is 18.2 Å². The Kier molecular flexibility index (Phi) is 4.68. The van der Waals surface area contributed by atoms with Crippen molar-refractivity contribution in [2.24, 2.45) is 0 Å². The summed E-state index contributed by atoms with van der Waals surface area (Å²) in [6, 6.07) is 19.9. The van der Waals surface area contributed by atoms with Crippen molar-refractivity contribution < 1.29 is 18.8 Å². The lowest BCUT2D eigenvalue weighted by Gasteiger charge is -2.13. The van der Waals surface area contributed by atoms with Gasteiger partial charge in [0.2, 0.25) is 0 Å². The lowest BCUT2D eigenvalue weighted by molar-refractivity contribution is 0.420. The van der Waals surface area contributed by atoms with E-state index in [-0.39, 0.29) is 17.9 Å². The van der Waals surface area contributed by atoms with Crippen LogP contribution in [0.2, 0.25) is 0 Å². The zero-order valence-corrected chi connectivity index (χ0v) is 14.7. The van der Waals surface area contributed by atoms with Crippen LogP contribution in [0.25, 0.3) is 11.3 Å². The van der Waals surface area contributed by atoms with Gasteiger partial charge in [-0.2, -0.15) is 5.16 Å². The number of nitrogens with one attached hydrogen (secondary N) is 1. The molecule has 0 aliphatic carbocycles. The summed E-state index contributed by atoms with van der Waals surface area (Å²) in [6.07, 6.45) is 0.222. The molecule has 4 rings (SSSR count). The number of H-pyrrole nitrogens is 1. The van der Waals surface area contributed by atoms with Crippen LogP contribution in [0.4, 0.5) is 4.39 Å². The summed E-state index contributed by atoms with van der Waals surface area (Å²) in [6.45, 7) is 0. The number of benzene rings is 3. The smallest absolute Gasteiger partial charge is 0.280 e. The maximum absolute atomic E-state index is 14.5. The molecule has 4 aromatic rings. The molecule has 0 spiro atoms. The molecule has 1 heterocycles. The van der Waals surface area contributed by atoms with Gasteiger partial charge in [-0.15, -0.1) is 0 Å². The van der Waals surface area contributed by atoms with E-state index in [4.69, 9.17) is 9.26 Å². The van der Waals surface area contributed by atoms with Crippen molar-refractivity contribution in [3.05, 3.63) is 100 Å². The summed E-state index contributed by atoms with van der Waals surface area (Å²) < 4.78 is 25.3. The van der Waals surface area contributed by atoms with Crippen molar-refractivity contribution in [2.75, 3.05) is 0 Å². The van der Waals surface area contributed by atoms with Gasteiger partial charge in [-0.3, -0.25) is 4.79 Å². The number of aromatic nitrogens is 1. The van der Waals surface area contributed by atoms with Gasteiger partial charge in [-0.25, -0.2) is 4.39 Å². The molecule has 0 aliphatic rings. The molecule has 0 fully saturated rings. The van der Waals surface area contributed by atoms with Crippen LogP contribution in [0, 0.1) is 5.82 Å². The topological polar surface area (TPSA) is 75.5 Å². The average molecular weight is 377 g/mol. The Balaban J connectivity index is 1.64. The van der Waals surface area contributed by atoms with Gasteiger partial charge in [0.25, 0.3) is 5.56 Å². The molecule has 6 heteroatoms. The third-order valence-electron chi connectivity index (χ3n) is 4.28. The number of para-hydroxylation sites is 1.